The van der Waals surface area contributed by atoms with Crippen LogP contribution >= 0.6 is 0 Å². The van der Waals surface area contributed by atoms with Gasteiger partial charge in [0.2, 0.25) is 0 Å². The number of benzene rings is 1. The van der Waals surface area contributed by atoms with Gasteiger partial charge in [0.1, 0.15) is 5.82 Å². The van der Waals surface area contributed by atoms with Crippen molar-refractivity contribution in [2.75, 3.05) is 18.0 Å². The molecule has 1 aromatic carbocycles. The number of anilines is 1. The Hall–Kier alpha value is -2.41. The second-order valence-electron chi connectivity index (χ2n) is 8.52. The lowest BCUT2D eigenvalue weighted by atomic mass is 9.82. The Kier molecular flexibility index (Phi) is 5.11. The first kappa shape index (κ1) is 19.9. The van der Waals surface area contributed by atoms with Crippen molar-refractivity contribution in [1.29, 1.82) is 0 Å². The average molecular weight is 402 g/mol. The molecule has 2 aliphatic rings. The summed E-state index contributed by atoms with van der Waals surface area (Å²) in [5, 5.41) is 0. The highest BCUT2D eigenvalue weighted by Crippen LogP contribution is 2.36. The van der Waals surface area contributed by atoms with E-state index in [2.05, 4.69) is 23.7 Å². The Morgan fingerprint density at radius 1 is 1.07 bits per heavy atom. The van der Waals surface area contributed by atoms with Gasteiger partial charge in [0.05, 0.1) is 5.56 Å². The number of piperidine rings is 1. The third-order valence-electron chi connectivity index (χ3n) is 5.86. The molecule has 7 heteroatoms. The normalized spacial score (nSPS) is 21.8. The number of aliphatic imine (C=N–C) groups is 1. The van der Waals surface area contributed by atoms with Gasteiger partial charge in [0.15, 0.2) is 6.29 Å². The fourth-order valence-corrected chi connectivity index (χ4v) is 4.01. The SMILES string of the molecule is CC1(C)CCN(C2N=Cc3cccnc3N2Cc2ccccc2C(F)(F)F)CC1. The van der Waals surface area contributed by atoms with Crippen molar-refractivity contribution in [2.24, 2.45) is 10.4 Å². The second kappa shape index (κ2) is 7.44. The van der Waals surface area contributed by atoms with Gasteiger partial charge in [-0.05, 0) is 42.0 Å². The smallest absolute Gasteiger partial charge is 0.317 e. The monoisotopic (exact) mass is 402 g/mol. The van der Waals surface area contributed by atoms with Crippen molar-refractivity contribution in [3.05, 3.63) is 59.3 Å². The lowest BCUT2D eigenvalue weighted by Gasteiger charge is -2.45. The van der Waals surface area contributed by atoms with Crippen molar-refractivity contribution in [3.63, 3.8) is 0 Å². The topological polar surface area (TPSA) is 31.7 Å². The number of aromatic nitrogens is 1. The molecule has 0 spiro atoms. The molecular weight excluding hydrogens is 377 g/mol. The van der Waals surface area contributed by atoms with Crippen LogP contribution in [-0.2, 0) is 12.7 Å². The van der Waals surface area contributed by atoms with Crippen LogP contribution in [0.4, 0.5) is 19.0 Å². The van der Waals surface area contributed by atoms with Crippen LogP contribution in [0.1, 0.15) is 43.4 Å². The molecule has 4 rings (SSSR count). The maximum Gasteiger partial charge on any atom is 0.416 e. The molecule has 0 radical (unpaired) electrons. The summed E-state index contributed by atoms with van der Waals surface area (Å²) in [6.45, 7) is 6.32. The number of alkyl halides is 3. The minimum atomic E-state index is -4.40. The average Bonchev–Trinajstić information content (AvgIpc) is 2.68. The lowest BCUT2D eigenvalue weighted by molar-refractivity contribution is -0.138. The highest BCUT2D eigenvalue weighted by Gasteiger charge is 2.37. The third-order valence-corrected chi connectivity index (χ3v) is 5.86. The highest BCUT2D eigenvalue weighted by atomic mass is 19.4. The molecule has 0 amide bonds. The molecule has 0 aliphatic carbocycles. The zero-order chi connectivity index (χ0) is 20.6. The van der Waals surface area contributed by atoms with Crippen LogP contribution < -0.4 is 4.90 Å². The molecule has 2 aliphatic heterocycles. The summed E-state index contributed by atoms with van der Waals surface area (Å²) in [6, 6.07) is 9.47. The van der Waals surface area contributed by atoms with Gasteiger partial charge in [-0.1, -0.05) is 32.0 Å². The van der Waals surface area contributed by atoms with Crippen LogP contribution in [0.5, 0.6) is 0 Å². The Bertz CT molecular complexity index is 897. The second-order valence-corrected chi connectivity index (χ2v) is 8.52. The number of hydrogen-bond acceptors (Lipinski definition) is 4. The van der Waals surface area contributed by atoms with E-state index in [0.717, 1.165) is 37.6 Å². The summed E-state index contributed by atoms with van der Waals surface area (Å²) in [7, 11) is 0. The summed E-state index contributed by atoms with van der Waals surface area (Å²) in [4.78, 5) is 13.4. The number of fused-ring (bicyclic) bond motifs is 1. The molecule has 1 fully saturated rings. The van der Waals surface area contributed by atoms with Crippen LogP contribution in [0.25, 0.3) is 0 Å². The van der Waals surface area contributed by atoms with E-state index in [1.54, 1.807) is 24.5 Å². The molecule has 29 heavy (non-hydrogen) atoms. The molecule has 3 heterocycles. The van der Waals surface area contributed by atoms with Gasteiger partial charge in [-0.25, -0.2) is 4.98 Å². The highest BCUT2D eigenvalue weighted by molar-refractivity contribution is 5.88. The molecule has 1 saturated heterocycles. The number of halogens is 3. The van der Waals surface area contributed by atoms with Crippen molar-refractivity contribution < 1.29 is 13.2 Å². The van der Waals surface area contributed by atoms with Crippen LogP contribution in [0, 0.1) is 5.41 Å². The molecule has 0 N–H and O–H groups in total. The summed E-state index contributed by atoms with van der Waals surface area (Å²) >= 11 is 0. The molecular formula is C22H25F3N4. The predicted octanol–water partition coefficient (Wildman–Crippen LogP) is 4.95. The fourth-order valence-electron chi connectivity index (χ4n) is 4.01. The van der Waals surface area contributed by atoms with Crippen molar-refractivity contribution in [3.8, 4) is 0 Å². The van der Waals surface area contributed by atoms with Crippen LogP contribution in [0.3, 0.4) is 0 Å². The number of hydrogen-bond donors (Lipinski definition) is 0. The van der Waals surface area contributed by atoms with Gasteiger partial charge in [-0.2, -0.15) is 13.2 Å². The van der Waals surface area contributed by atoms with Gasteiger partial charge in [-0.15, -0.1) is 0 Å². The number of likely N-dealkylation sites (tertiary alicyclic amines) is 1. The van der Waals surface area contributed by atoms with Crippen molar-refractivity contribution >= 4 is 12.0 Å². The van der Waals surface area contributed by atoms with Crippen LogP contribution in [0.15, 0.2) is 47.6 Å². The Morgan fingerprint density at radius 2 is 1.79 bits per heavy atom. The van der Waals surface area contributed by atoms with Gasteiger partial charge >= 0.3 is 6.18 Å². The van der Waals surface area contributed by atoms with Gasteiger partial charge < -0.3 is 4.90 Å². The minimum Gasteiger partial charge on any atom is -0.317 e. The summed E-state index contributed by atoms with van der Waals surface area (Å²) in [5.41, 5.74) is 0.728. The predicted molar refractivity (Wildman–Crippen MR) is 108 cm³/mol. The first-order valence-electron chi connectivity index (χ1n) is 9.89. The van der Waals surface area contributed by atoms with E-state index in [0.29, 0.717) is 5.82 Å². The lowest BCUT2D eigenvalue weighted by Crippen LogP contribution is -2.53. The van der Waals surface area contributed by atoms with Gasteiger partial charge in [0.25, 0.3) is 0 Å². The van der Waals surface area contributed by atoms with E-state index in [9.17, 15) is 13.2 Å². The van der Waals surface area contributed by atoms with Crippen molar-refractivity contribution in [2.45, 2.75) is 45.7 Å². The molecule has 1 atom stereocenters. The summed E-state index contributed by atoms with van der Waals surface area (Å²) in [6.07, 6.45) is 0.778. The van der Waals surface area contributed by atoms with E-state index in [-0.39, 0.29) is 23.8 Å². The quantitative estimate of drug-likeness (QED) is 0.728. The maximum absolute atomic E-state index is 13.6. The maximum atomic E-state index is 13.6. The Balaban J connectivity index is 1.69. The number of rotatable bonds is 3. The Labute approximate surface area is 169 Å². The van der Waals surface area contributed by atoms with E-state index in [4.69, 9.17) is 4.99 Å². The summed E-state index contributed by atoms with van der Waals surface area (Å²) < 4.78 is 40.7. The van der Waals surface area contributed by atoms with Crippen LogP contribution in [0.2, 0.25) is 0 Å². The molecule has 1 unspecified atom stereocenters. The van der Waals surface area contributed by atoms with E-state index in [1.165, 1.54) is 6.07 Å². The van der Waals surface area contributed by atoms with Crippen LogP contribution in [-0.4, -0.2) is 35.5 Å². The molecule has 154 valence electrons. The number of pyridine rings is 1. The standard InChI is InChI=1S/C22H25F3N4/c1-21(2)9-12-28(13-10-21)20-27-14-16-7-5-11-26-19(16)29(20)15-17-6-3-4-8-18(17)22(23,24)25/h3-8,11,14,20H,9-10,12-13,15H2,1-2H3. The zero-order valence-electron chi connectivity index (χ0n) is 16.7. The van der Waals surface area contributed by atoms with E-state index >= 15 is 0 Å². The van der Waals surface area contributed by atoms with Crippen molar-refractivity contribution in [1.82, 2.24) is 9.88 Å². The Morgan fingerprint density at radius 3 is 2.52 bits per heavy atom. The largest absolute Gasteiger partial charge is 0.416 e. The molecule has 0 bridgehead atoms. The zero-order valence-corrected chi connectivity index (χ0v) is 16.7. The van der Waals surface area contributed by atoms with Gasteiger partial charge in [-0.3, -0.25) is 9.89 Å². The first-order valence-corrected chi connectivity index (χ1v) is 9.89. The number of nitrogens with zero attached hydrogens (tertiary/aromatic N) is 4. The molecule has 0 saturated carbocycles. The first-order chi connectivity index (χ1) is 13.7. The molecule has 1 aromatic heterocycles. The molecule has 2 aromatic rings. The van der Waals surface area contributed by atoms with E-state index in [1.807, 2.05) is 17.0 Å². The van der Waals surface area contributed by atoms with Gasteiger partial charge in [0, 0.05) is 37.6 Å². The summed E-state index contributed by atoms with van der Waals surface area (Å²) in [5.74, 6) is 0.675. The fraction of sp³-hybridized carbons (Fsp3) is 0.455. The minimum absolute atomic E-state index is 0.0988. The third kappa shape index (κ3) is 4.15. The molecule has 4 nitrogen and oxygen atoms in total. The van der Waals surface area contributed by atoms with E-state index < -0.39 is 11.7 Å².